The van der Waals surface area contributed by atoms with Crippen LogP contribution in [0.25, 0.3) is 0 Å². The van der Waals surface area contributed by atoms with E-state index in [1.54, 1.807) is 20.8 Å². The normalized spacial score (nSPS) is 19.6. The molecule has 0 aromatic heterocycles. The molecule has 1 rings (SSSR count). The van der Waals surface area contributed by atoms with E-state index in [-0.39, 0.29) is 18.4 Å². The van der Waals surface area contributed by atoms with Crippen LogP contribution in [-0.2, 0) is 19.1 Å². The summed E-state index contributed by atoms with van der Waals surface area (Å²) in [5.41, 5.74) is -0.590. The van der Waals surface area contributed by atoms with Crippen molar-refractivity contribution in [2.45, 2.75) is 52.3 Å². The molecule has 0 unspecified atom stereocenters. The van der Waals surface area contributed by atoms with E-state index in [1.807, 2.05) is 13.8 Å². The lowest BCUT2D eigenvalue weighted by atomic mass is 10.0. The molecule has 8 nitrogen and oxygen atoms in total. The van der Waals surface area contributed by atoms with Gasteiger partial charge in [-0.15, -0.1) is 0 Å². The van der Waals surface area contributed by atoms with Crippen LogP contribution < -0.4 is 10.6 Å². The number of amides is 2. The quantitative estimate of drug-likeness (QED) is 0.722. The number of carbonyl (C=O) groups excluding carboxylic acids is 3. The van der Waals surface area contributed by atoms with Gasteiger partial charge in [0.25, 0.3) is 0 Å². The fourth-order valence-corrected chi connectivity index (χ4v) is 2.30. The lowest BCUT2D eigenvalue weighted by Gasteiger charge is -2.34. The highest BCUT2D eigenvalue weighted by Gasteiger charge is 2.33. The fraction of sp³-hybridized carbons (Fsp3) is 0.812. The molecule has 1 heterocycles. The second-order valence-electron chi connectivity index (χ2n) is 7.19. The Morgan fingerprint density at radius 2 is 1.88 bits per heavy atom. The van der Waals surface area contributed by atoms with E-state index in [1.165, 1.54) is 12.0 Å². The van der Waals surface area contributed by atoms with Crippen molar-refractivity contribution >= 4 is 18.0 Å². The summed E-state index contributed by atoms with van der Waals surface area (Å²) in [5.74, 6) is -0.933. The summed E-state index contributed by atoms with van der Waals surface area (Å²) in [7, 11) is 1.28. The molecule has 1 aliphatic rings. The molecule has 1 saturated heterocycles. The van der Waals surface area contributed by atoms with Gasteiger partial charge in [-0.25, -0.2) is 9.59 Å². The average molecular weight is 343 g/mol. The number of rotatable bonds is 4. The lowest BCUT2D eigenvalue weighted by molar-refractivity contribution is -0.146. The summed E-state index contributed by atoms with van der Waals surface area (Å²) >= 11 is 0. The van der Waals surface area contributed by atoms with E-state index >= 15 is 0 Å². The van der Waals surface area contributed by atoms with Gasteiger partial charge in [0.05, 0.1) is 7.11 Å². The molecule has 0 aromatic rings. The summed E-state index contributed by atoms with van der Waals surface area (Å²) in [6.45, 7) is 10.1. The minimum absolute atomic E-state index is 0.105. The van der Waals surface area contributed by atoms with Gasteiger partial charge in [-0.05, 0) is 26.7 Å². The Morgan fingerprint density at radius 3 is 2.38 bits per heavy atom. The molecular formula is C16H29N3O5. The molecular weight excluding hydrogens is 314 g/mol. The highest BCUT2D eigenvalue weighted by Crippen LogP contribution is 2.12. The minimum Gasteiger partial charge on any atom is -0.467 e. The van der Waals surface area contributed by atoms with Gasteiger partial charge in [0, 0.05) is 19.6 Å². The van der Waals surface area contributed by atoms with Crippen LogP contribution in [0.2, 0.25) is 0 Å². The van der Waals surface area contributed by atoms with Crippen molar-refractivity contribution in [3.8, 4) is 0 Å². The number of piperazine rings is 1. The molecule has 0 radical (unpaired) electrons. The number of nitrogens with zero attached hydrogens (tertiary/aromatic N) is 1. The van der Waals surface area contributed by atoms with E-state index in [2.05, 4.69) is 10.6 Å². The summed E-state index contributed by atoms with van der Waals surface area (Å²) in [6, 6.07) is -1.32. The molecule has 2 atom stereocenters. The minimum atomic E-state index is -0.721. The third-order valence-corrected chi connectivity index (χ3v) is 3.56. The van der Waals surface area contributed by atoms with Gasteiger partial charge < -0.3 is 25.0 Å². The van der Waals surface area contributed by atoms with Gasteiger partial charge in [-0.3, -0.25) is 4.79 Å². The Labute approximate surface area is 143 Å². The zero-order valence-electron chi connectivity index (χ0n) is 15.3. The first-order chi connectivity index (χ1) is 11.0. The van der Waals surface area contributed by atoms with Crippen molar-refractivity contribution in [2.75, 3.05) is 26.7 Å². The van der Waals surface area contributed by atoms with Crippen LogP contribution in [0.4, 0.5) is 4.79 Å². The van der Waals surface area contributed by atoms with E-state index in [0.717, 1.165) is 0 Å². The van der Waals surface area contributed by atoms with Gasteiger partial charge in [-0.1, -0.05) is 13.8 Å². The van der Waals surface area contributed by atoms with Crippen molar-refractivity contribution in [3.63, 3.8) is 0 Å². The molecule has 0 aliphatic carbocycles. The van der Waals surface area contributed by atoms with Crippen LogP contribution >= 0.6 is 0 Å². The van der Waals surface area contributed by atoms with Gasteiger partial charge in [0.2, 0.25) is 5.91 Å². The van der Waals surface area contributed by atoms with Crippen molar-refractivity contribution in [1.29, 1.82) is 0 Å². The highest BCUT2D eigenvalue weighted by molar-refractivity contribution is 5.88. The van der Waals surface area contributed by atoms with Crippen molar-refractivity contribution in [1.82, 2.24) is 15.5 Å². The summed E-state index contributed by atoms with van der Waals surface area (Å²) < 4.78 is 10.1. The Balaban J connectivity index is 2.67. The van der Waals surface area contributed by atoms with E-state index < -0.39 is 29.7 Å². The molecule has 138 valence electrons. The number of hydrogen-bond donors (Lipinski definition) is 2. The zero-order valence-corrected chi connectivity index (χ0v) is 15.3. The first-order valence-corrected chi connectivity index (χ1v) is 8.14. The predicted molar refractivity (Wildman–Crippen MR) is 88.4 cm³/mol. The van der Waals surface area contributed by atoms with Gasteiger partial charge in [-0.2, -0.15) is 0 Å². The zero-order chi connectivity index (χ0) is 18.5. The number of nitrogens with one attached hydrogen (secondary N) is 2. The van der Waals surface area contributed by atoms with E-state index in [4.69, 9.17) is 9.47 Å². The Hall–Kier alpha value is -1.83. The maximum atomic E-state index is 12.4. The van der Waals surface area contributed by atoms with Crippen LogP contribution in [0.15, 0.2) is 0 Å². The molecule has 0 saturated carbocycles. The monoisotopic (exact) mass is 343 g/mol. The highest BCUT2D eigenvalue weighted by atomic mass is 16.6. The molecule has 1 aliphatic heterocycles. The van der Waals surface area contributed by atoms with Crippen LogP contribution in [0, 0.1) is 5.92 Å². The van der Waals surface area contributed by atoms with E-state index in [0.29, 0.717) is 13.1 Å². The van der Waals surface area contributed by atoms with Gasteiger partial charge in [0.1, 0.15) is 17.7 Å². The first-order valence-electron chi connectivity index (χ1n) is 8.14. The van der Waals surface area contributed by atoms with Crippen molar-refractivity contribution in [2.24, 2.45) is 5.92 Å². The largest absolute Gasteiger partial charge is 0.467 e. The molecule has 0 spiro atoms. The molecule has 2 N–H and O–H groups in total. The smallest absolute Gasteiger partial charge is 0.410 e. The molecule has 8 heteroatoms. The summed E-state index contributed by atoms with van der Waals surface area (Å²) in [4.78, 5) is 37.8. The van der Waals surface area contributed by atoms with Crippen molar-refractivity contribution in [3.05, 3.63) is 0 Å². The molecule has 0 aromatic carbocycles. The SMILES string of the molecule is COC(=O)[C@@H](NC(=O)[C@@H]1CN(C(=O)OC(C)(C)C)CCN1)C(C)C. The number of esters is 1. The van der Waals surface area contributed by atoms with Crippen LogP contribution in [0.1, 0.15) is 34.6 Å². The third-order valence-electron chi connectivity index (χ3n) is 3.56. The lowest BCUT2D eigenvalue weighted by Crippen LogP contribution is -2.61. The van der Waals surface area contributed by atoms with Crippen LogP contribution in [-0.4, -0.2) is 67.3 Å². The molecule has 0 bridgehead atoms. The second kappa shape index (κ2) is 8.32. The van der Waals surface area contributed by atoms with Gasteiger partial charge >= 0.3 is 12.1 Å². The molecule has 1 fully saturated rings. The van der Waals surface area contributed by atoms with Crippen molar-refractivity contribution < 1.29 is 23.9 Å². The topological polar surface area (TPSA) is 97.0 Å². The standard InChI is InChI=1S/C16H29N3O5/c1-10(2)12(14(21)23-6)18-13(20)11-9-19(8-7-17-11)15(22)24-16(3,4)5/h10-12,17H,7-9H2,1-6H3,(H,18,20)/t11-,12-/m0/s1. The second-order valence-corrected chi connectivity index (χ2v) is 7.19. The first kappa shape index (κ1) is 20.2. The molecule has 24 heavy (non-hydrogen) atoms. The summed E-state index contributed by atoms with van der Waals surface area (Å²) in [6.07, 6.45) is -0.449. The Morgan fingerprint density at radius 1 is 1.25 bits per heavy atom. The molecule has 2 amide bonds. The number of methoxy groups -OCH3 is 1. The fourth-order valence-electron chi connectivity index (χ4n) is 2.30. The Bertz CT molecular complexity index is 473. The average Bonchev–Trinajstić information content (AvgIpc) is 2.49. The van der Waals surface area contributed by atoms with Crippen LogP contribution in [0.5, 0.6) is 0 Å². The van der Waals surface area contributed by atoms with Gasteiger partial charge in [0.15, 0.2) is 0 Å². The van der Waals surface area contributed by atoms with E-state index in [9.17, 15) is 14.4 Å². The Kier molecular flexibility index (Phi) is 7.01. The number of ether oxygens (including phenoxy) is 2. The number of hydrogen-bond acceptors (Lipinski definition) is 6. The number of carbonyl (C=O) groups is 3. The maximum Gasteiger partial charge on any atom is 0.410 e. The predicted octanol–water partition coefficient (Wildman–Crippen LogP) is 0.509. The summed E-state index contributed by atoms with van der Waals surface area (Å²) in [5, 5.41) is 5.74. The third kappa shape index (κ3) is 5.99. The van der Waals surface area contributed by atoms with Crippen LogP contribution in [0.3, 0.4) is 0 Å². The maximum absolute atomic E-state index is 12.4.